The van der Waals surface area contributed by atoms with E-state index in [2.05, 4.69) is 26.8 Å². The highest BCUT2D eigenvalue weighted by Gasteiger charge is 2.32. The zero-order valence-corrected chi connectivity index (χ0v) is 19.7. The van der Waals surface area contributed by atoms with Gasteiger partial charge >= 0.3 is 0 Å². The second kappa shape index (κ2) is 7.86. The molecule has 4 heterocycles. The summed E-state index contributed by atoms with van der Waals surface area (Å²) in [7, 11) is 0. The van der Waals surface area contributed by atoms with E-state index in [-0.39, 0.29) is 5.91 Å². The Kier molecular flexibility index (Phi) is 5.00. The Morgan fingerprint density at radius 2 is 2.23 bits per heavy atom. The van der Waals surface area contributed by atoms with E-state index >= 15 is 0 Å². The molecule has 1 fully saturated rings. The molecule has 2 aliphatic rings. The standard InChI is InChI=1S/C22H23N5OS3/c1-12-4-7-15-16(9-12)31-21-18(15)20-25-26-22(27(20)19(24-21)13-5-6-13)30-11-17(28)23-10-14-3-2-8-29-14/h2-3,8,12-13H,4-7,9-11H2,1H3,(H,23,28). The van der Waals surface area contributed by atoms with Gasteiger partial charge in [0.05, 0.1) is 17.7 Å². The molecule has 160 valence electrons. The van der Waals surface area contributed by atoms with Crippen LogP contribution in [0.5, 0.6) is 0 Å². The number of thiophene rings is 2. The quantitative estimate of drug-likeness (QED) is 0.410. The smallest absolute Gasteiger partial charge is 0.230 e. The van der Waals surface area contributed by atoms with Crippen LogP contribution in [-0.4, -0.2) is 31.2 Å². The Bertz CT molecular complexity index is 1270. The van der Waals surface area contributed by atoms with Crippen LogP contribution in [0, 0.1) is 5.92 Å². The van der Waals surface area contributed by atoms with Crippen molar-refractivity contribution in [3.63, 3.8) is 0 Å². The lowest BCUT2D eigenvalue weighted by atomic mass is 9.89. The van der Waals surface area contributed by atoms with Gasteiger partial charge in [-0.05, 0) is 55.0 Å². The highest BCUT2D eigenvalue weighted by molar-refractivity contribution is 7.99. The minimum Gasteiger partial charge on any atom is -0.350 e. The molecule has 0 aliphatic heterocycles. The predicted molar refractivity (Wildman–Crippen MR) is 126 cm³/mol. The van der Waals surface area contributed by atoms with Crippen molar-refractivity contribution in [1.82, 2.24) is 24.9 Å². The molecule has 1 unspecified atom stereocenters. The SMILES string of the molecule is CC1CCc2c(sc3nc(C4CC4)n4c(SCC(=O)NCc5cccs5)nnc4c23)C1. The van der Waals surface area contributed by atoms with Crippen molar-refractivity contribution in [3.05, 3.63) is 38.7 Å². The Hall–Kier alpha value is -1.97. The van der Waals surface area contributed by atoms with E-state index in [4.69, 9.17) is 4.98 Å². The molecule has 1 amide bonds. The molecule has 0 saturated heterocycles. The molecule has 9 heteroatoms. The van der Waals surface area contributed by atoms with Gasteiger partial charge in [0.2, 0.25) is 5.91 Å². The lowest BCUT2D eigenvalue weighted by Crippen LogP contribution is -2.24. The number of rotatable bonds is 6. The van der Waals surface area contributed by atoms with Crippen molar-refractivity contribution in [3.8, 4) is 0 Å². The summed E-state index contributed by atoms with van der Waals surface area (Å²) in [5, 5.41) is 16.1. The molecular weight excluding hydrogens is 446 g/mol. The number of fused-ring (bicyclic) bond motifs is 5. The fraction of sp³-hybridized carbons (Fsp3) is 0.455. The van der Waals surface area contributed by atoms with Crippen molar-refractivity contribution in [2.24, 2.45) is 5.92 Å². The molecule has 1 saturated carbocycles. The molecule has 1 N–H and O–H groups in total. The molecule has 6 rings (SSSR count). The second-order valence-electron chi connectivity index (χ2n) is 8.56. The second-order valence-corrected chi connectivity index (χ2v) is 11.6. The van der Waals surface area contributed by atoms with Crippen LogP contribution in [0.25, 0.3) is 15.9 Å². The molecule has 31 heavy (non-hydrogen) atoms. The van der Waals surface area contributed by atoms with Crippen LogP contribution in [-0.2, 0) is 24.2 Å². The molecule has 6 nitrogen and oxygen atoms in total. The van der Waals surface area contributed by atoms with Crippen LogP contribution in [0.4, 0.5) is 0 Å². The molecule has 0 radical (unpaired) electrons. The number of carbonyl (C=O) groups is 1. The van der Waals surface area contributed by atoms with E-state index in [1.807, 2.05) is 28.8 Å². The first-order valence-electron chi connectivity index (χ1n) is 10.8. The van der Waals surface area contributed by atoms with Crippen molar-refractivity contribution in [1.29, 1.82) is 0 Å². The fourth-order valence-electron chi connectivity index (χ4n) is 4.33. The third-order valence-electron chi connectivity index (χ3n) is 6.11. The number of nitrogens with zero attached hydrogens (tertiary/aromatic N) is 4. The Morgan fingerprint density at radius 1 is 1.32 bits per heavy atom. The van der Waals surface area contributed by atoms with Gasteiger partial charge in [0, 0.05) is 15.7 Å². The first-order chi connectivity index (χ1) is 15.2. The van der Waals surface area contributed by atoms with Crippen molar-refractivity contribution in [2.45, 2.75) is 56.6 Å². The van der Waals surface area contributed by atoms with Crippen LogP contribution in [0.15, 0.2) is 22.7 Å². The summed E-state index contributed by atoms with van der Waals surface area (Å²) < 4.78 is 2.14. The summed E-state index contributed by atoms with van der Waals surface area (Å²) in [5.41, 5.74) is 2.36. The van der Waals surface area contributed by atoms with Gasteiger partial charge in [0.15, 0.2) is 10.8 Å². The molecular formula is C22H23N5OS3. The highest BCUT2D eigenvalue weighted by Crippen LogP contribution is 2.44. The van der Waals surface area contributed by atoms with Gasteiger partial charge in [0.1, 0.15) is 10.7 Å². The van der Waals surface area contributed by atoms with Gasteiger partial charge in [-0.3, -0.25) is 9.20 Å². The van der Waals surface area contributed by atoms with E-state index < -0.39 is 0 Å². The largest absolute Gasteiger partial charge is 0.350 e. The van der Waals surface area contributed by atoms with Gasteiger partial charge in [0.25, 0.3) is 0 Å². The number of hydrogen-bond donors (Lipinski definition) is 1. The summed E-state index contributed by atoms with van der Waals surface area (Å²) in [6.07, 6.45) is 5.78. The minimum absolute atomic E-state index is 0.0130. The van der Waals surface area contributed by atoms with Crippen molar-refractivity contribution >= 4 is 56.2 Å². The molecule has 0 aromatic carbocycles. The number of hydrogen-bond acceptors (Lipinski definition) is 7. The van der Waals surface area contributed by atoms with Crippen molar-refractivity contribution in [2.75, 3.05) is 5.75 Å². The van der Waals surface area contributed by atoms with E-state index in [9.17, 15) is 4.79 Å². The van der Waals surface area contributed by atoms with Crippen LogP contribution < -0.4 is 5.32 Å². The zero-order valence-electron chi connectivity index (χ0n) is 17.3. The average Bonchev–Trinajstić information content (AvgIpc) is 3.16. The van der Waals surface area contributed by atoms with E-state index in [0.29, 0.717) is 18.2 Å². The van der Waals surface area contributed by atoms with Gasteiger partial charge in [-0.15, -0.1) is 32.9 Å². The topological polar surface area (TPSA) is 72.2 Å². The minimum atomic E-state index is 0.0130. The third kappa shape index (κ3) is 3.66. The number of thioether (sulfide) groups is 1. The fourth-order valence-corrected chi connectivity index (χ4v) is 7.13. The molecule has 0 spiro atoms. The summed E-state index contributed by atoms with van der Waals surface area (Å²) >= 11 is 4.96. The van der Waals surface area contributed by atoms with Crippen LogP contribution in [0.2, 0.25) is 0 Å². The monoisotopic (exact) mass is 469 g/mol. The predicted octanol–water partition coefficient (Wildman–Crippen LogP) is 4.81. The average molecular weight is 470 g/mol. The van der Waals surface area contributed by atoms with Gasteiger partial charge in [-0.25, -0.2) is 4.98 Å². The van der Waals surface area contributed by atoms with Crippen LogP contribution in [0.3, 0.4) is 0 Å². The summed E-state index contributed by atoms with van der Waals surface area (Å²) in [6, 6.07) is 4.03. The molecule has 4 aromatic heterocycles. The van der Waals surface area contributed by atoms with Gasteiger partial charge < -0.3 is 5.32 Å². The van der Waals surface area contributed by atoms with Crippen LogP contribution >= 0.6 is 34.4 Å². The summed E-state index contributed by atoms with van der Waals surface area (Å²) in [6.45, 7) is 2.91. The maximum absolute atomic E-state index is 12.4. The number of aromatic nitrogens is 4. The Morgan fingerprint density at radius 3 is 3.03 bits per heavy atom. The number of carbonyl (C=O) groups excluding carboxylic acids is 1. The first-order valence-corrected chi connectivity index (χ1v) is 13.5. The lowest BCUT2D eigenvalue weighted by molar-refractivity contribution is -0.118. The van der Waals surface area contributed by atoms with E-state index in [1.54, 1.807) is 11.3 Å². The van der Waals surface area contributed by atoms with Gasteiger partial charge in [-0.2, -0.15) is 0 Å². The van der Waals surface area contributed by atoms with E-state index in [0.717, 1.165) is 45.1 Å². The third-order valence-corrected chi connectivity index (χ3v) is 9.06. The maximum Gasteiger partial charge on any atom is 0.230 e. The number of amides is 1. The van der Waals surface area contributed by atoms with Crippen molar-refractivity contribution < 1.29 is 4.79 Å². The normalized spacial score (nSPS) is 18.5. The Balaban J connectivity index is 1.32. The first kappa shape index (κ1) is 19.7. The Labute approximate surface area is 192 Å². The maximum atomic E-state index is 12.4. The van der Waals surface area contributed by atoms with Gasteiger partial charge in [-0.1, -0.05) is 24.8 Å². The number of nitrogens with one attached hydrogen (secondary N) is 1. The highest BCUT2D eigenvalue weighted by atomic mass is 32.2. The molecule has 0 bridgehead atoms. The zero-order chi connectivity index (χ0) is 20.9. The van der Waals surface area contributed by atoms with Crippen LogP contribution in [0.1, 0.15) is 53.2 Å². The molecule has 2 aliphatic carbocycles. The molecule has 4 aromatic rings. The lowest BCUT2D eigenvalue weighted by Gasteiger charge is -2.17. The number of aryl methyl sites for hydroxylation is 1. The molecule has 1 atom stereocenters. The van der Waals surface area contributed by atoms with E-state index in [1.165, 1.54) is 46.9 Å². The summed E-state index contributed by atoms with van der Waals surface area (Å²) in [4.78, 5) is 21.3. The summed E-state index contributed by atoms with van der Waals surface area (Å²) in [5.74, 6) is 2.62.